The van der Waals surface area contributed by atoms with Gasteiger partial charge in [0.05, 0.1) is 38.0 Å². The molecular formula is C29H28ClNO3. The van der Waals surface area contributed by atoms with E-state index >= 15 is 0 Å². The minimum Gasteiger partial charge on any atom is -0.487 e. The Morgan fingerprint density at radius 3 is 1.62 bits per heavy atom. The SMILES string of the molecule is ClCc1ncc(COCc2ccccc2)c(COCc2ccccc2)c1OCc1ccccc1. The van der Waals surface area contributed by atoms with Gasteiger partial charge in [-0.2, -0.15) is 0 Å². The molecule has 0 spiro atoms. The summed E-state index contributed by atoms with van der Waals surface area (Å²) in [4.78, 5) is 4.57. The third kappa shape index (κ3) is 6.91. The summed E-state index contributed by atoms with van der Waals surface area (Å²) in [6, 6.07) is 30.3. The number of ether oxygens (including phenoxy) is 3. The zero-order chi connectivity index (χ0) is 23.4. The molecule has 3 aromatic carbocycles. The molecule has 0 aliphatic heterocycles. The molecule has 34 heavy (non-hydrogen) atoms. The molecule has 4 nitrogen and oxygen atoms in total. The van der Waals surface area contributed by atoms with E-state index in [4.69, 9.17) is 25.8 Å². The van der Waals surface area contributed by atoms with Gasteiger partial charge in [0.2, 0.25) is 0 Å². The van der Waals surface area contributed by atoms with Crippen LogP contribution in [0.3, 0.4) is 0 Å². The maximum absolute atomic E-state index is 6.27. The van der Waals surface area contributed by atoms with Gasteiger partial charge in [-0.3, -0.25) is 4.98 Å². The van der Waals surface area contributed by atoms with Crippen molar-refractivity contribution in [3.63, 3.8) is 0 Å². The smallest absolute Gasteiger partial charge is 0.148 e. The lowest BCUT2D eigenvalue weighted by atomic mass is 10.1. The van der Waals surface area contributed by atoms with Crippen molar-refractivity contribution in [3.8, 4) is 5.75 Å². The second kappa shape index (κ2) is 12.9. The fourth-order valence-corrected chi connectivity index (χ4v) is 3.78. The average Bonchev–Trinajstić information content (AvgIpc) is 2.90. The highest BCUT2D eigenvalue weighted by Crippen LogP contribution is 2.30. The van der Waals surface area contributed by atoms with Crippen LogP contribution in [0.5, 0.6) is 5.75 Å². The number of rotatable bonds is 12. The molecule has 0 radical (unpaired) electrons. The van der Waals surface area contributed by atoms with Gasteiger partial charge in [-0.1, -0.05) is 91.0 Å². The van der Waals surface area contributed by atoms with Crippen LogP contribution in [0, 0.1) is 0 Å². The van der Waals surface area contributed by atoms with Crippen molar-refractivity contribution in [3.05, 3.63) is 131 Å². The van der Waals surface area contributed by atoms with Crippen LogP contribution in [0.4, 0.5) is 0 Å². The van der Waals surface area contributed by atoms with Crippen LogP contribution in [0.25, 0.3) is 0 Å². The molecule has 0 fully saturated rings. The first kappa shape index (κ1) is 24.0. The highest BCUT2D eigenvalue weighted by Gasteiger charge is 2.17. The number of aromatic nitrogens is 1. The van der Waals surface area contributed by atoms with Crippen LogP contribution in [0.2, 0.25) is 0 Å². The maximum atomic E-state index is 6.27. The molecule has 4 rings (SSSR count). The molecule has 1 aromatic heterocycles. The number of nitrogens with zero attached hydrogens (tertiary/aromatic N) is 1. The first-order valence-electron chi connectivity index (χ1n) is 11.3. The van der Waals surface area contributed by atoms with Gasteiger partial charge < -0.3 is 14.2 Å². The molecular weight excluding hydrogens is 446 g/mol. The molecule has 0 atom stereocenters. The molecule has 0 N–H and O–H groups in total. The summed E-state index contributed by atoms with van der Waals surface area (Å²) in [6.07, 6.45) is 1.82. The van der Waals surface area contributed by atoms with Crippen LogP contribution in [0.15, 0.2) is 97.2 Å². The van der Waals surface area contributed by atoms with Crippen molar-refractivity contribution in [2.75, 3.05) is 0 Å². The van der Waals surface area contributed by atoms with E-state index in [1.807, 2.05) is 97.2 Å². The van der Waals surface area contributed by atoms with Crippen molar-refractivity contribution in [2.24, 2.45) is 0 Å². The molecule has 1 heterocycles. The van der Waals surface area contributed by atoms with E-state index < -0.39 is 0 Å². The van der Waals surface area contributed by atoms with E-state index in [1.165, 1.54) is 0 Å². The van der Waals surface area contributed by atoms with Gasteiger partial charge in [-0.05, 0) is 16.7 Å². The minimum absolute atomic E-state index is 0.251. The molecule has 0 amide bonds. The summed E-state index contributed by atoms with van der Waals surface area (Å²) in [7, 11) is 0. The van der Waals surface area contributed by atoms with Gasteiger partial charge in [0.1, 0.15) is 12.4 Å². The van der Waals surface area contributed by atoms with Gasteiger partial charge in [-0.15, -0.1) is 11.6 Å². The second-order valence-corrected chi connectivity index (χ2v) is 8.17. The molecule has 4 aromatic rings. The van der Waals surface area contributed by atoms with E-state index in [9.17, 15) is 0 Å². The zero-order valence-corrected chi connectivity index (χ0v) is 19.8. The molecule has 0 aliphatic carbocycles. The van der Waals surface area contributed by atoms with E-state index in [0.29, 0.717) is 44.5 Å². The lowest BCUT2D eigenvalue weighted by molar-refractivity contribution is 0.0909. The summed E-state index contributed by atoms with van der Waals surface area (Å²) >= 11 is 6.24. The maximum Gasteiger partial charge on any atom is 0.148 e. The molecule has 0 saturated carbocycles. The lowest BCUT2D eigenvalue weighted by Gasteiger charge is -2.18. The Labute approximate surface area is 206 Å². The highest BCUT2D eigenvalue weighted by molar-refractivity contribution is 6.17. The molecule has 0 unspecified atom stereocenters. The summed E-state index contributed by atoms with van der Waals surface area (Å²) in [5, 5.41) is 0. The minimum atomic E-state index is 0.251. The van der Waals surface area contributed by atoms with Gasteiger partial charge in [0.25, 0.3) is 0 Å². The van der Waals surface area contributed by atoms with Crippen LogP contribution in [-0.2, 0) is 48.4 Å². The Kier molecular flexibility index (Phi) is 9.09. The van der Waals surface area contributed by atoms with Gasteiger partial charge in [-0.25, -0.2) is 0 Å². The molecule has 174 valence electrons. The van der Waals surface area contributed by atoms with Crippen LogP contribution < -0.4 is 4.74 Å². The van der Waals surface area contributed by atoms with Crippen molar-refractivity contribution in [1.29, 1.82) is 0 Å². The fraction of sp³-hybridized carbons (Fsp3) is 0.207. The fourth-order valence-electron chi connectivity index (χ4n) is 3.59. The van der Waals surface area contributed by atoms with Crippen molar-refractivity contribution >= 4 is 11.6 Å². The highest BCUT2D eigenvalue weighted by atomic mass is 35.5. The normalized spacial score (nSPS) is 10.9. The van der Waals surface area contributed by atoms with E-state index in [-0.39, 0.29) is 5.88 Å². The monoisotopic (exact) mass is 473 g/mol. The predicted octanol–water partition coefficient (Wildman–Crippen LogP) is 6.83. The largest absolute Gasteiger partial charge is 0.487 e. The van der Waals surface area contributed by atoms with Crippen molar-refractivity contribution in [2.45, 2.75) is 38.9 Å². The Morgan fingerprint density at radius 2 is 1.09 bits per heavy atom. The summed E-state index contributed by atoms with van der Waals surface area (Å²) in [5.74, 6) is 0.925. The van der Waals surface area contributed by atoms with Crippen LogP contribution in [-0.4, -0.2) is 4.98 Å². The third-order valence-electron chi connectivity index (χ3n) is 5.38. The quantitative estimate of drug-likeness (QED) is 0.211. The average molecular weight is 474 g/mol. The number of hydrogen-bond acceptors (Lipinski definition) is 4. The van der Waals surface area contributed by atoms with Gasteiger partial charge in [0.15, 0.2) is 0 Å². The Bertz CT molecular complexity index is 1140. The Balaban J connectivity index is 1.53. The van der Waals surface area contributed by atoms with E-state index in [2.05, 4.69) is 4.98 Å². The first-order valence-corrected chi connectivity index (χ1v) is 11.8. The van der Waals surface area contributed by atoms with Gasteiger partial charge >= 0.3 is 0 Å². The summed E-state index contributed by atoms with van der Waals surface area (Å²) in [6.45, 7) is 2.21. The summed E-state index contributed by atoms with van der Waals surface area (Å²) < 4.78 is 18.4. The van der Waals surface area contributed by atoms with Crippen LogP contribution >= 0.6 is 11.6 Å². The predicted molar refractivity (Wildman–Crippen MR) is 134 cm³/mol. The third-order valence-corrected chi connectivity index (χ3v) is 5.63. The Hall–Kier alpha value is -3.18. The second-order valence-electron chi connectivity index (χ2n) is 7.90. The van der Waals surface area contributed by atoms with E-state index in [1.54, 1.807) is 0 Å². The molecule has 5 heteroatoms. The number of benzene rings is 3. The standard InChI is InChI=1S/C29H28ClNO3/c30-16-28-29(34-20-25-14-8-3-9-15-25)27(22-33-19-24-12-6-2-7-13-24)26(17-31-28)21-32-18-23-10-4-1-5-11-23/h1-15,17H,16,18-22H2. The number of alkyl halides is 1. The zero-order valence-electron chi connectivity index (χ0n) is 19.0. The molecule has 0 aliphatic rings. The van der Waals surface area contributed by atoms with Gasteiger partial charge in [0, 0.05) is 17.3 Å². The number of halogens is 1. The van der Waals surface area contributed by atoms with Crippen molar-refractivity contribution < 1.29 is 14.2 Å². The first-order chi connectivity index (χ1) is 16.8. The van der Waals surface area contributed by atoms with E-state index in [0.717, 1.165) is 27.8 Å². The van der Waals surface area contributed by atoms with Crippen LogP contribution in [0.1, 0.15) is 33.5 Å². The van der Waals surface area contributed by atoms with Crippen molar-refractivity contribution in [1.82, 2.24) is 4.98 Å². The molecule has 0 bridgehead atoms. The Morgan fingerprint density at radius 1 is 0.588 bits per heavy atom. The molecule has 0 saturated heterocycles. The summed E-state index contributed by atoms with van der Waals surface area (Å²) in [5.41, 5.74) is 5.86. The number of hydrogen-bond donors (Lipinski definition) is 0. The topological polar surface area (TPSA) is 40.6 Å². The number of pyridine rings is 1. The lowest BCUT2D eigenvalue weighted by Crippen LogP contribution is -2.09.